The van der Waals surface area contributed by atoms with Crippen LogP contribution in [-0.2, 0) is 22.4 Å². The maximum Gasteiger partial charge on any atom is 0.323 e. The number of benzene rings is 1. The summed E-state index contributed by atoms with van der Waals surface area (Å²) in [5.41, 5.74) is 2.66. The highest BCUT2D eigenvalue weighted by atomic mass is 16.5. The molecule has 0 spiro atoms. The molecule has 0 saturated heterocycles. The second-order valence-corrected chi connectivity index (χ2v) is 6.93. The topological polar surface area (TPSA) is 38.3 Å². The second-order valence-electron chi connectivity index (χ2n) is 6.93. The van der Waals surface area contributed by atoms with Gasteiger partial charge in [0, 0.05) is 1.43 Å². The van der Waals surface area contributed by atoms with Gasteiger partial charge in [0.25, 0.3) is 0 Å². The Kier molecular flexibility index (Phi) is 14.0. The molecule has 152 valence electrons. The molecular formula is C23H43NO2. The highest BCUT2D eigenvalue weighted by molar-refractivity contribution is 5.76. The van der Waals surface area contributed by atoms with Crippen molar-refractivity contribution in [2.24, 2.45) is 5.92 Å². The number of carbonyl (C=O) groups excluding carboxylic acids is 1. The van der Waals surface area contributed by atoms with Gasteiger partial charge in [0.05, 0.1) is 0 Å². The molecule has 0 saturated carbocycles. The van der Waals surface area contributed by atoms with Crippen LogP contribution in [-0.4, -0.2) is 24.7 Å². The first-order valence-corrected chi connectivity index (χ1v) is 10.5. The van der Waals surface area contributed by atoms with E-state index in [0.29, 0.717) is 5.92 Å². The van der Waals surface area contributed by atoms with Crippen LogP contribution in [0.1, 0.15) is 80.3 Å². The van der Waals surface area contributed by atoms with Crippen molar-refractivity contribution in [3.8, 4) is 0 Å². The summed E-state index contributed by atoms with van der Waals surface area (Å²) >= 11 is 0. The van der Waals surface area contributed by atoms with Gasteiger partial charge in [-0.1, -0.05) is 72.7 Å². The van der Waals surface area contributed by atoms with Gasteiger partial charge >= 0.3 is 5.97 Å². The van der Waals surface area contributed by atoms with Crippen LogP contribution in [0.15, 0.2) is 24.3 Å². The molecular weight excluding hydrogens is 322 g/mol. The quantitative estimate of drug-likeness (QED) is 0.504. The Balaban J connectivity index is 0. The molecule has 1 N–H and O–H groups in total. The minimum Gasteiger partial charge on any atom is -0.461 e. The first kappa shape index (κ1) is 24.7. The van der Waals surface area contributed by atoms with Crippen molar-refractivity contribution < 1.29 is 11.0 Å². The predicted octanol–water partition coefficient (Wildman–Crippen LogP) is 5.80. The summed E-state index contributed by atoms with van der Waals surface area (Å²) in [7, 11) is 0. The number of hydrogen-bond acceptors (Lipinski definition) is 3. The molecule has 26 heavy (non-hydrogen) atoms. The Morgan fingerprint density at radius 1 is 1.04 bits per heavy atom. The maximum atomic E-state index is 12.4. The third-order valence-corrected chi connectivity index (χ3v) is 4.42. The van der Waals surface area contributed by atoms with E-state index in [9.17, 15) is 4.79 Å². The summed E-state index contributed by atoms with van der Waals surface area (Å²) in [6, 6.07) is 8.52. The summed E-state index contributed by atoms with van der Waals surface area (Å²) in [6.07, 6.45) is 4.60. The van der Waals surface area contributed by atoms with E-state index in [1.165, 1.54) is 11.1 Å². The van der Waals surface area contributed by atoms with Gasteiger partial charge in [-0.3, -0.25) is 4.79 Å². The van der Waals surface area contributed by atoms with E-state index >= 15 is 0 Å². The molecule has 0 bridgehead atoms. The Morgan fingerprint density at radius 2 is 1.58 bits per heavy atom. The van der Waals surface area contributed by atoms with Crippen LogP contribution in [0.4, 0.5) is 0 Å². The van der Waals surface area contributed by atoms with Gasteiger partial charge in [-0.15, -0.1) is 0 Å². The fourth-order valence-electron chi connectivity index (χ4n) is 2.77. The lowest BCUT2D eigenvalue weighted by Gasteiger charge is -2.22. The van der Waals surface area contributed by atoms with E-state index in [1.807, 2.05) is 13.8 Å². The molecule has 1 aromatic carbocycles. The molecule has 0 aromatic heterocycles. The number of carbonyl (C=O) groups is 1. The molecule has 1 atom stereocenters. The summed E-state index contributed by atoms with van der Waals surface area (Å²) in [6.45, 7) is 15.4. The summed E-state index contributed by atoms with van der Waals surface area (Å²) in [5.74, 6) is 0.360. The van der Waals surface area contributed by atoms with Crippen molar-refractivity contribution in [1.29, 1.82) is 0 Å². The number of rotatable bonds is 11. The van der Waals surface area contributed by atoms with E-state index in [1.54, 1.807) is 0 Å². The number of nitrogens with one attached hydrogen (secondary N) is 1. The average Bonchev–Trinajstić information content (AvgIpc) is 2.66. The first-order chi connectivity index (χ1) is 12.5. The van der Waals surface area contributed by atoms with Crippen molar-refractivity contribution in [3.63, 3.8) is 0 Å². The Bertz CT molecular complexity index is 470. The van der Waals surface area contributed by atoms with E-state index in [-0.39, 0.29) is 19.5 Å². The summed E-state index contributed by atoms with van der Waals surface area (Å²) in [4.78, 5) is 12.4. The van der Waals surface area contributed by atoms with Crippen LogP contribution >= 0.6 is 0 Å². The number of hydrogen-bond donors (Lipinski definition) is 1. The molecule has 0 fully saturated rings. The SMILES string of the molecule is CC.CCc1ccc(CCN[C@@H](CC(C)C)C(=O)OC(CC)CC)cc1.[HH]. The van der Waals surface area contributed by atoms with Crippen LogP contribution < -0.4 is 5.32 Å². The van der Waals surface area contributed by atoms with Crippen LogP contribution in [0.25, 0.3) is 0 Å². The monoisotopic (exact) mass is 365 g/mol. The van der Waals surface area contributed by atoms with Gasteiger partial charge in [0.1, 0.15) is 12.1 Å². The van der Waals surface area contributed by atoms with Crippen LogP contribution in [0, 0.1) is 5.92 Å². The normalized spacial score (nSPS) is 11.9. The minimum absolute atomic E-state index is 0. The number of aryl methyl sites for hydroxylation is 1. The highest BCUT2D eigenvalue weighted by Crippen LogP contribution is 2.11. The van der Waals surface area contributed by atoms with Crippen LogP contribution in [0.2, 0.25) is 0 Å². The first-order valence-electron chi connectivity index (χ1n) is 10.5. The number of esters is 1. The molecule has 1 aromatic rings. The van der Waals surface area contributed by atoms with Gasteiger partial charge < -0.3 is 10.1 Å². The average molecular weight is 366 g/mol. The molecule has 0 aliphatic heterocycles. The zero-order valence-electron chi connectivity index (χ0n) is 18.1. The molecule has 0 heterocycles. The zero-order valence-corrected chi connectivity index (χ0v) is 18.1. The van der Waals surface area contributed by atoms with E-state index < -0.39 is 0 Å². The second kappa shape index (κ2) is 14.8. The van der Waals surface area contributed by atoms with Gasteiger partial charge in [0.15, 0.2) is 0 Å². The van der Waals surface area contributed by atoms with Gasteiger partial charge in [0.2, 0.25) is 0 Å². The van der Waals surface area contributed by atoms with Crippen molar-refractivity contribution in [1.82, 2.24) is 5.32 Å². The van der Waals surface area contributed by atoms with E-state index in [2.05, 4.69) is 64.2 Å². The molecule has 0 amide bonds. The van der Waals surface area contributed by atoms with Crippen LogP contribution in [0.5, 0.6) is 0 Å². The van der Waals surface area contributed by atoms with Gasteiger partial charge in [-0.05, 0) is 55.7 Å². The fourth-order valence-corrected chi connectivity index (χ4v) is 2.77. The lowest BCUT2D eigenvalue weighted by atomic mass is 10.0. The minimum atomic E-state index is -0.208. The summed E-state index contributed by atoms with van der Waals surface area (Å²) in [5, 5.41) is 3.41. The Hall–Kier alpha value is -1.35. The molecule has 0 unspecified atom stereocenters. The Morgan fingerprint density at radius 3 is 2.04 bits per heavy atom. The van der Waals surface area contributed by atoms with Crippen molar-refractivity contribution in [2.75, 3.05) is 6.54 Å². The molecule has 0 aliphatic rings. The Labute approximate surface area is 163 Å². The third-order valence-electron chi connectivity index (χ3n) is 4.42. The zero-order chi connectivity index (χ0) is 19.9. The van der Waals surface area contributed by atoms with Crippen LogP contribution in [0.3, 0.4) is 0 Å². The fraction of sp³-hybridized carbons (Fsp3) is 0.696. The third kappa shape index (κ3) is 9.96. The smallest absolute Gasteiger partial charge is 0.323 e. The van der Waals surface area contributed by atoms with E-state index in [0.717, 1.165) is 38.6 Å². The molecule has 0 aliphatic carbocycles. The molecule has 0 radical (unpaired) electrons. The largest absolute Gasteiger partial charge is 0.461 e. The standard InChI is InChI=1S/C21H35NO2.C2H6.H2/c1-6-17-9-11-18(12-10-17)13-14-22-20(15-16(4)5)21(23)24-19(7-2)8-3;1-2;/h9-12,16,19-20,22H,6-8,13-15H2,1-5H3;1-2H3;1H/t20-;;/m0../s1. The van der Waals surface area contributed by atoms with Gasteiger partial charge in [-0.25, -0.2) is 0 Å². The van der Waals surface area contributed by atoms with Crippen molar-refractivity contribution in [2.45, 2.75) is 92.7 Å². The molecule has 3 nitrogen and oxygen atoms in total. The lowest BCUT2D eigenvalue weighted by molar-refractivity contribution is -0.152. The van der Waals surface area contributed by atoms with Crippen molar-refractivity contribution >= 4 is 5.97 Å². The highest BCUT2D eigenvalue weighted by Gasteiger charge is 2.22. The van der Waals surface area contributed by atoms with Gasteiger partial charge in [-0.2, -0.15) is 0 Å². The maximum absolute atomic E-state index is 12.4. The van der Waals surface area contributed by atoms with Crippen molar-refractivity contribution in [3.05, 3.63) is 35.4 Å². The lowest BCUT2D eigenvalue weighted by Crippen LogP contribution is -2.41. The molecule has 1 rings (SSSR count). The number of ether oxygens (including phenoxy) is 1. The summed E-state index contributed by atoms with van der Waals surface area (Å²) < 4.78 is 5.64. The predicted molar refractivity (Wildman–Crippen MR) is 115 cm³/mol. The van der Waals surface area contributed by atoms with E-state index in [4.69, 9.17) is 4.74 Å². The molecule has 3 heteroatoms.